The highest BCUT2D eigenvalue weighted by molar-refractivity contribution is 7.16. The number of ether oxygens (including phenoxy) is 2. The molecule has 0 unspecified atom stereocenters. The van der Waals surface area contributed by atoms with Gasteiger partial charge in [0.05, 0.1) is 20.4 Å². The topological polar surface area (TPSA) is 99.5 Å². The summed E-state index contributed by atoms with van der Waals surface area (Å²) in [4.78, 5) is 41.0. The zero-order valence-corrected chi connectivity index (χ0v) is 16.8. The molecule has 9 heteroatoms. The highest BCUT2D eigenvalue weighted by Gasteiger charge is 2.20. The van der Waals surface area contributed by atoms with Gasteiger partial charge in [0, 0.05) is 16.6 Å². The molecule has 0 radical (unpaired) electrons. The van der Waals surface area contributed by atoms with Crippen molar-refractivity contribution >= 4 is 28.3 Å². The average molecular weight is 393 g/mol. The van der Waals surface area contributed by atoms with Crippen LogP contribution in [0.15, 0.2) is 17.1 Å². The molecule has 0 bridgehead atoms. The van der Waals surface area contributed by atoms with Crippen LogP contribution in [0, 0.1) is 12.8 Å². The standard InChI is InChI=1S/C18H23N3O5S/c1-10(2)6-14-16(17(24)26-5)20-18(27-14)19-15(23)9-21-8-13(25-4)12(22)7-11(21)3/h7-8,10H,6,9H2,1-5H3,(H,19,20,23). The van der Waals surface area contributed by atoms with Crippen molar-refractivity contribution in [2.24, 2.45) is 5.92 Å². The number of hydrogen-bond acceptors (Lipinski definition) is 7. The van der Waals surface area contributed by atoms with Crippen LogP contribution in [-0.4, -0.2) is 35.6 Å². The number of aryl methyl sites for hydroxylation is 1. The molecule has 0 aliphatic carbocycles. The second-order valence-corrected chi connectivity index (χ2v) is 7.49. The van der Waals surface area contributed by atoms with Crippen LogP contribution >= 0.6 is 11.3 Å². The van der Waals surface area contributed by atoms with Gasteiger partial charge < -0.3 is 19.4 Å². The van der Waals surface area contributed by atoms with Gasteiger partial charge in [-0.2, -0.15) is 0 Å². The van der Waals surface area contributed by atoms with Crippen molar-refractivity contribution in [2.75, 3.05) is 19.5 Å². The second kappa shape index (κ2) is 8.81. The Balaban J connectivity index is 2.19. The summed E-state index contributed by atoms with van der Waals surface area (Å²) in [5, 5.41) is 3.04. The van der Waals surface area contributed by atoms with Crippen LogP contribution in [0.1, 0.15) is 34.9 Å². The molecule has 2 rings (SSSR count). The number of nitrogens with zero attached hydrogens (tertiary/aromatic N) is 2. The number of anilines is 1. The fourth-order valence-electron chi connectivity index (χ4n) is 2.46. The summed E-state index contributed by atoms with van der Waals surface area (Å²) in [6.45, 7) is 5.78. The lowest BCUT2D eigenvalue weighted by atomic mass is 10.1. The molecule has 2 aromatic heterocycles. The fraction of sp³-hybridized carbons (Fsp3) is 0.444. The molecule has 8 nitrogen and oxygen atoms in total. The first kappa shape index (κ1) is 20.6. The predicted molar refractivity (Wildman–Crippen MR) is 103 cm³/mol. The fourth-order valence-corrected chi connectivity index (χ4v) is 3.64. The minimum absolute atomic E-state index is 0.0187. The van der Waals surface area contributed by atoms with Gasteiger partial charge in [-0.15, -0.1) is 11.3 Å². The number of amides is 1. The van der Waals surface area contributed by atoms with Crippen molar-refractivity contribution in [2.45, 2.75) is 33.7 Å². The largest absolute Gasteiger partial charge is 0.491 e. The molecule has 2 aromatic rings. The van der Waals surface area contributed by atoms with Gasteiger partial charge in [0.2, 0.25) is 11.3 Å². The van der Waals surface area contributed by atoms with Crippen molar-refractivity contribution in [3.05, 3.63) is 38.8 Å². The van der Waals surface area contributed by atoms with E-state index in [-0.39, 0.29) is 29.3 Å². The van der Waals surface area contributed by atoms with Gasteiger partial charge >= 0.3 is 5.97 Å². The maximum atomic E-state index is 12.4. The Hall–Kier alpha value is -2.68. The molecule has 1 amide bonds. The summed E-state index contributed by atoms with van der Waals surface area (Å²) in [6, 6.07) is 1.41. The van der Waals surface area contributed by atoms with Crippen LogP contribution < -0.4 is 15.5 Å². The number of thiazole rings is 1. The first-order chi connectivity index (χ1) is 12.7. The monoisotopic (exact) mass is 393 g/mol. The first-order valence-electron chi connectivity index (χ1n) is 8.38. The maximum absolute atomic E-state index is 12.4. The molecule has 0 saturated carbocycles. The van der Waals surface area contributed by atoms with Gasteiger partial charge in [0.1, 0.15) is 6.54 Å². The third-order valence-electron chi connectivity index (χ3n) is 3.76. The number of nitrogens with one attached hydrogen (secondary N) is 1. The lowest BCUT2D eigenvalue weighted by molar-refractivity contribution is -0.116. The number of hydrogen-bond donors (Lipinski definition) is 1. The summed E-state index contributed by atoms with van der Waals surface area (Å²) in [5.74, 6) is -0.364. The highest BCUT2D eigenvalue weighted by Crippen LogP contribution is 2.26. The number of carbonyl (C=O) groups excluding carboxylic acids is 2. The average Bonchev–Trinajstić information content (AvgIpc) is 2.97. The van der Waals surface area contributed by atoms with Crippen molar-refractivity contribution in [1.82, 2.24) is 9.55 Å². The number of esters is 1. The van der Waals surface area contributed by atoms with E-state index in [0.29, 0.717) is 23.2 Å². The van der Waals surface area contributed by atoms with Crippen LogP contribution in [0.2, 0.25) is 0 Å². The molecule has 1 N–H and O–H groups in total. The molecule has 0 saturated heterocycles. The van der Waals surface area contributed by atoms with Gasteiger partial charge in [-0.25, -0.2) is 9.78 Å². The summed E-state index contributed by atoms with van der Waals surface area (Å²) >= 11 is 1.26. The van der Waals surface area contributed by atoms with Crippen LogP contribution in [-0.2, 0) is 22.5 Å². The number of methoxy groups -OCH3 is 2. The lowest BCUT2D eigenvalue weighted by Crippen LogP contribution is -2.22. The Labute approximate surface area is 161 Å². The number of aromatic nitrogens is 2. The molecule has 0 aromatic carbocycles. The van der Waals surface area contributed by atoms with E-state index in [1.165, 1.54) is 37.8 Å². The van der Waals surface area contributed by atoms with E-state index in [9.17, 15) is 14.4 Å². The van der Waals surface area contributed by atoms with Crippen molar-refractivity contribution in [3.63, 3.8) is 0 Å². The molecule has 0 aliphatic rings. The third-order valence-corrected chi connectivity index (χ3v) is 4.75. The Morgan fingerprint density at radius 1 is 1.33 bits per heavy atom. The van der Waals surface area contributed by atoms with Gasteiger partial charge in [-0.05, 0) is 19.3 Å². The Morgan fingerprint density at radius 2 is 2.04 bits per heavy atom. The highest BCUT2D eigenvalue weighted by atomic mass is 32.1. The van der Waals surface area contributed by atoms with E-state index < -0.39 is 5.97 Å². The van der Waals surface area contributed by atoms with Gasteiger partial charge in [-0.1, -0.05) is 13.8 Å². The molecular weight excluding hydrogens is 370 g/mol. The quantitative estimate of drug-likeness (QED) is 0.724. The maximum Gasteiger partial charge on any atom is 0.357 e. The van der Waals surface area contributed by atoms with Crippen LogP contribution in [0.25, 0.3) is 0 Å². The van der Waals surface area contributed by atoms with E-state index in [1.54, 1.807) is 11.5 Å². The summed E-state index contributed by atoms with van der Waals surface area (Å²) in [5.41, 5.74) is 0.617. The Morgan fingerprint density at radius 3 is 2.63 bits per heavy atom. The molecule has 0 fully saturated rings. The molecule has 146 valence electrons. The minimum Gasteiger partial charge on any atom is -0.491 e. The second-order valence-electron chi connectivity index (χ2n) is 6.40. The van der Waals surface area contributed by atoms with Crippen LogP contribution in [0.5, 0.6) is 5.75 Å². The van der Waals surface area contributed by atoms with E-state index in [4.69, 9.17) is 9.47 Å². The molecule has 2 heterocycles. The zero-order valence-electron chi connectivity index (χ0n) is 16.0. The minimum atomic E-state index is -0.525. The Kier molecular flexibility index (Phi) is 6.73. The van der Waals surface area contributed by atoms with E-state index in [1.807, 2.05) is 13.8 Å². The van der Waals surface area contributed by atoms with E-state index in [2.05, 4.69) is 10.3 Å². The summed E-state index contributed by atoms with van der Waals surface area (Å²) in [6.07, 6.45) is 2.15. The number of pyridine rings is 1. The van der Waals surface area contributed by atoms with Crippen LogP contribution in [0.4, 0.5) is 5.13 Å². The molecular formula is C18H23N3O5S. The summed E-state index contributed by atoms with van der Waals surface area (Å²) < 4.78 is 11.4. The van der Waals surface area contributed by atoms with Crippen molar-refractivity contribution in [3.8, 4) is 5.75 Å². The number of carbonyl (C=O) groups is 2. The van der Waals surface area contributed by atoms with Crippen LogP contribution in [0.3, 0.4) is 0 Å². The molecule has 0 atom stereocenters. The molecule has 0 aliphatic heterocycles. The Bertz CT molecular complexity index is 901. The van der Waals surface area contributed by atoms with Gasteiger partial charge in [0.25, 0.3) is 0 Å². The van der Waals surface area contributed by atoms with Crippen molar-refractivity contribution < 1.29 is 19.1 Å². The molecule has 0 spiro atoms. The van der Waals surface area contributed by atoms with Crippen molar-refractivity contribution in [1.29, 1.82) is 0 Å². The normalized spacial score (nSPS) is 10.7. The molecule has 27 heavy (non-hydrogen) atoms. The van der Waals surface area contributed by atoms with Gasteiger partial charge in [0.15, 0.2) is 16.6 Å². The van der Waals surface area contributed by atoms with E-state index >= 15 is 0 Å². The van der Waals surface area contributed by atoms with Gasteiger partial charge in [-0.3, -0.25) is 9.59 Å². The third kappa shape index (κ3) is 5.16. The lowest BCUT2D eigenvalue weighted by Gasteiger charge is -2.11. The summed E-state index contributed by atoms with van der Waals surface area (Å²) in [7, 11) is 2.70. The predicted octanol–water partition coefficient (Wildman–Crippen LogP) is 2.25. The van der Waals surface area contributed by atoms with E-state index in [0.717, 1.165) is 4.88 Å². The number of rotatable bonds is 7. The smallest absolute Gasteiger partial charge is 0.357 e. The first-order valence-corrected chi connectivity index (χ1v) is 9.19. The SMILES string of the molecule is COC(=O)c1nc(NC(=O)Cn2cc(OC)c(=O)cc2C)sc1CC(C)C. The zero-order chi connectivity index (χ0) is 20.1.